The van der Waals surface area contributed by atoms with Gasteiger partial charge < -0.3 is 9.84 Å². The normalized spacial score (nSPS) is 22.9. The summed E-state index contributed by atoms with van der Waals surface area (Å²) in [6.07, 6.45) is 0.106. The number of halogens is 1. The molecule has 1 aromatic carbocycles. The number of carbonyl (C=O) groups is 1. The van der Waals surface area contributed by atoms with Crippen LogP contribution < -0.4 is 4.72 Å². The number of rotatable bonds is 4. The molecule has 20 heavy (non-hydrogen) atoms. The molecule has 0 radical (unpaired) electrons. The maximum absolute atomic E-state index is 12.4. The summed E-state index contributed by atoms with van der Waals surface area (Å²) in [7, 11) is -3.94. The fourth-order valence-electron chi connectivity index (χ4n) is 2.03. The van der Waals surface area contributed by atoms with E-state index in [0.717, 1.165) is 0 Å². The lowest BCUT2D eigenvalue weighted by atomic mass is 10.0. The second-order valence-corrected chi connectivity index (χ2v) is 7.27. The summed E-state index contributed by atoms with van der Waals surface area (Å²) in [6.45, 7) is 1.69. The van der Waals surface area contributed by atoms with Crippen LogP contribution >= 0.6 is 15.9 Å². The van der Waals surface area contributed by atoms with E-state index in [2.05, 4.69) is 20.7 Å². The molecule has 0 spiro atoms. The van der Waals surface area contributed by atoms with Crippen LogP contribution in [0.1, 0.15) is 12.0 Å². The van der Waals surface area contributed by atoms with Gasteiger partial charge in [0.15, 0.2) is 5.54 Å². The molecule has 2 N–H and O–H groups in total. The van der Waals surface area contributed by atoms with Gasteiger partial charge in [0.1, 0.15) is 0 Å². The van der Waals surface area contributed by atoms with Crippen molar-refractivity contribution in [3.05, 3.63) is 28.2 Å². The number of hydrogen-bond donors (Lipinski definition) is 2. The van der Waals surface area contributed by atoms with Crippen molar-refractivity contribution in [1.29, 1.82) is 0 Å². The lowest BCUT2D eigenvalue weighted by molar-refractivity contribution is -0.144. The predicted molar refractivity (Wildman–Crippen MR) is 75.0 cm³/mol. The molecule has 0 aromatic heterocycles. The van der Waals surface area contributed by atoms with E-state index in [4.69, 9.17) is 4.74 Å². The van der Waals surface area contributed by atoms with Crippen molar-refractivity contribution >= 4 is 31.9 Å². The molecule has 1 aliphatic rings. The van der Waals surface area contributed by atoms with Gasteiger partial charge in [-0.25, -0.2) is 8.42 Å². The Hall–Kier alpha value is -0.960. The Kier molecular flexibility index (Phi) is 4.19. The van der Waals surface area contributed by atoms with E-state index < -0.39 is 21.5 Å². The van der Waals surface area contributed by atoms with Crippen molar-refractivity contribution in [2.45, 2.75) is 23.8 Å². The summed E-state index contributed by atoms with van der Waals surface area (Å²) in [5.74, 6) is -1.23. The fourth-order valence-corrected chi connectivity index (χ4v) is 4.19. The molecule has 1 atom stereocenters. The Morgan fingerprint density at radius 3 is 2.75 bits per heavy atom. The summed E-state index contributed by atoms with van der Waals surface area (Å²) >= 11 is 3.21. The number of hydrogen-bond acceptors (Lipinski definition) is 4. The first-order chi connectivity index (χ1) is 9.27. The highest BCUT2D eigenvalue weighted by atomic mass is 79.9. The van der Waals surface area contributed by atoms with Crippen molar-refractivity contribution in [3.8, 4) is 0 Å². The Labute approximate surface area is 125 Å². The van der Waals surface area contributed by atoms with Crippen LogP contribution in [0.5, 0.6) is 0 Å². The van der Waals surface area contributed by atoms with Gasteiger partial charge >= 0.3 is 5.97 Å². The first kappa shape index (κ1) is 15.4. The number of carboxylic acids is 1. The van der Waals surface area contributed by atoms with Crippen LogP contribution in [0.3, 0.4) is 0 Å². The van der Waals surface area contributed by atoms with Crippen molar-refractivity contribution in [2.75, 3.05) is 13.2 Å². The highest BCUT2D eigenvalue weighted by Gasteiger charge is 2.46. The average Bonchev–Trinajstić information content (AvgIpc) is 2.81. The largest absolute Gasteiger partial charge is 0.480 e. The van der Waals surface area contributed by atoms with Crippen molar-refractivity contribution in [3.63, 3.8) is 0 Å². The second-order valence-electron chi connectivity index (χ2n) is 4.71. The third kappa shape index (κ3) is 2.88. The molecule has 1 unspecified atom stereocenters. The van der Waals surface area contributed by atoms with Crippen LogP contribution in [-0.4, -0.2) is 38.2 Å². The molecule has 1 heterocycles. The first-order valence-electron chi connectivity index (χ1n) is 5.88. The van der Waals surface area contributed by atoms with Gasteiger partial charge in [-0.15, -0.1) is 0 Å². The summed E-state index contributed by atoms with van der Waals surface area (Å²) in [6, 6.07) is 4.82. The Balaban J connectivity index is 2.40. The van der Waals surface area contributed by atoms with E-state index in [1.54, 1.807) is 19.1 Å². The molecule has 0 aliphatic carbocycles. The number of ether oxygens (including phenoxy) is 1. The molecular formula is C12H14BrNO5S. The summed E-state index contributed by atoms with van der Waals surface area (Å²) in [4.78, 5) is 11.4. The highest BCUT2D eigenvalue weighted by Crippen LogP contribution is 2.25. The molecule has 1 saturated heterocycles. The quantitative estimate of drug-likeness (QED) is 0.840. The molecular weight excluding hydrogens is 350 g/mol. The minimum atomic E-state index is -3.94. The molecule has 110 valence electrons. The zero-order valence-electron chi connectivity index (χ0n) is 10.7. The van der Waals surface area contributed by atoms with Crippen LogP contribution in [0.4, 0.5) is 0 Å². The van der Waals surface area contributed by atoms with Crippen LogP contribution in [0.15, 0.2) is 27.6 Å². The van der Waals surface area contributed by atoms with Crippen LogP contribution in [0.2, 0.25) is 0 Å². The Morgan fingerprint density at radius 2 is 2.20 bits per heavy atom. The molecule has 0 bridgehead atoms. The fraction of sp³-hybridized carbons (Fsp3) is 0.417. The number of benzene rings is 1. The number of aryl methyl sites for hydroxylation is 1. The summed E-state index contributed by atoms with van der Waals surface area (Å²) < 4.78 is 32.8. The van der Waals surface area contributed by atoms with Crippen LogP contribution in [0, 0.1) is 6.92 Å². The molecule has 0 saturated carbocycles. The molecule has 8 heteroatoms. The maximum Gasteiger partial charge on any atom is 0.327 e. The van der Waals surface area contributed by atoms with Gasteiger partial charge in [0.05, 0.1) is 11.5 Å². The molecule has 1 fully saturated rings. The van der Waals surface area contributed by atoms with E-state index in [1.165, 1.54) is 6.07 Å². The van der Waals surface area contributed by atoms with E-state index in [9.17, 15) is 18.3 Å². The van der Waals surface area contributed by atoms with Crippen molar-refractivity contribution in [2.24, 2.45) is 0 Å². The standard InChI is InChI=1S/C12H14BrNO5S/c1-8-2-3-9(13)6-10(8)20(17,18)14-12(11(15)16)4-5-19-7-12/h2-3,6,14H,4-5,7H2,1H3,(H,15,16). The molecule has 1 aromatic rings. The van der Waals surface area contributed by atoms with Gasteiger partial charge in [-0.1, -0.05) is 22.0 Å². The van der Waals surface area contributed by atoms with Crippen LogP contribution in [0.25, 0.3) is 0 Å². The van der Waals surface area contributed by atoms with Gasteiger partial charge in [-0.2, -0.15) is 4.72 Å². The lowest BCUT2D eigenvalue weighted by Gasteiger charge is -2.24. The first-order valence-corrected chi connectivity index (χ1v) is 8.16. The smallest absolute Gasteiger partial charge is 0.327 e. The van der Waals surface area contributed by atoms with Gasteiger partial charge in [-0.05, 0) is 24.6 Å². The third-order valence-corrected chi connectivity index (χ3v) is 5.37. The number of nitrogens with one attached hydrogen (secondary N) is 1. The average molecular weight is 364 g/mol. The highest BCUT2D eigenvalue weighted by molar-refractivity contribution is 9.10. The minimum absolute atomic E-state index is 0.0550. The summed E-state index contributed by atoms with van der Waals surface area (Å²) in [5, 5.41) is 9.28. The second kappa shape index (κ2) is 5.44. The maximum atomic E-state index is 12.4. The van der Waals surface area contributed by atoms with E-state index in [1.807, 2.05) is 0 Å². The number of carboxylic acid groups (broad SMARTS) is 1. The molecule has 1 aliphatic heterocycles. The van der Waals surface area contributed by atoms with Crippen LogP contribution in [-0.2, 0) is 19.6 Å². The van der Waals surface area contributed by atoms with Gasteiger partial charge in [0.2, 0.25) is 10.0 Å². The van der Waals surface area contributed by atoms with E-state index in [0.29, 0.717) is 10.0 Å². The molecule has 2 rings (SSSR count). The van der Waals surface area contributed by atoms with Gasteiger partial charge in [-0.3, -0.25) is 4.79 Å². The monoisotopic (exact) mass is 363 g/mol. The molecule has 6 nitrogen and oxygen atoms in total. The Bertz CT molecular complexity index is 637. The Morgan fingerprint density at radius 1 is 1.50 bits per heavy atom. The number of sulfonamides is 1. The van der Waals surface area contributed by atoms with E-state index in [-0.39, 0.29) is 24.5 Å². The topological polar surface area (TPSA) is 92.7 Å². The molecule has 0 amide bonds. The van der Waals surface area contributed by atoms with Gasteiger partial charge in [0, 0.05) is 17.5 Å². The van der Waals surface area contributed by atoms with Crippen molar-refractivity contribution in [1.82, 2.24) is 4.72 Å². The van der Waals surface area contributed by atoms with Crippen molar-refractivity contribution < 1.29 is 23.1 Å². The SMILES string of the molecule is Cc1ccc(Br)cc1S(=O)(=O)NC1(C(=O)O)CCOC1. The zero-order chi connectivity index (χ0) is 15.0. The zero-order valence-corrected chi connectivity index (χ0v) is 13.1. The minimum Gasteiger partial charge on any atom is -0.480 e. The predicted octanol–water partition coefficient (Wildman–Crippen LogP) is 1.28. The lowest BCUT2D eigenvalue weighted by Crippen LogP contribution is -2.55. The third-order valence-electron chi connectivity index (χ3n) is 3.20. The number of aliphatic carboxylic acids is 1. The van der Waals surface area contributed by atoms with E-state index >= 15 is 0 Å². The summed E-state index contributed by atoms with van der Waals surface area (Å²) in [5.41, 5.74) is -1.05. The van der Waals surface area contributed by atoms with Gasteiger partial charge in [0.25, 0.3) is 0 Å².